The molecule has 1 aliphatic heterocycles. The molecule has 0 N–H and O–H groups in total. The van der Waals surface area contributed by atoms with Gasteiger partial charge < -0.3 is 9.64 Å². The van der Waals surface area contributed by atoms with Crippen LogP contribution in [0, 0.1) is 0 Å². The summed E-state index contributed by atoms with van der Waals surface area (Å²) in [5.74, 6) is -0.937. The number of Topliss-reactive ketones (excluding diaryl/α,β-unsaturated/α-hetero) is 1. The van der Waals surface area contributed by atoms with Crippen LogP contribution in [0.15, 0.2) is 48.5 Å². The standard InChI is InChI=1S/C22H22ClNO4/c1-15(22(27)24-13-12-16-4-2-3-5-18(16)14-24)28-21(26)11-10-20(25)17-6-8-19(23)9-7-17/h2-9,15H,10-14H2,1H3/t15-/m0/s1. The van der Waals surface area contributed by atoms with Crippen LogP contribution in [0.1, 0.15) is 41.3 Å². The lowest BCUT2D eigenvalue weighted by Crippen LogP contribution is -2.42. The highest BCUT2D eigenvalue weighted by atomic mass is 35.5. The number of esters is 1. The molecular formula is C22H22ClNO4. The van der Waals surface area contributed by atoms with Crippen LogP contribution >= 0.6 is 11.6 Å². The van der Waals surface area contributed by atoms with Crippen molar-refractivity contribution in [1.29, 1.82) is 0 Å². The van der Waals surface area contributed by atoms with Gasteiger partial charge in [-0.25, -0.2) is 0 Å². The normalized spacial score (nSPS) is 14.1. The molecule has 1 aliphatic rings. The average Bonchev–Trinajstić information content (AvgIpc) is 2.71. The van der Waals surface area contributed by atoms with Crippen LogP contribution < -0.4 is 0 Å². The summed E-state index contributed by atoms with van der Waals surface area (Å²) in [5.41, 5.74) is 2.86. The Labute approximate surface area is 169 Å². The van der Waals surface area contributed by atoms with E-state index in [1.807, 2.05) is 18.2 Å². The Morgan fingerprint density at radius 1 is 1.04 bits per heavy atom. The lowest BCUT2D eigenvalue weighted by Gasteiger charge is -2.30. The molecule has 0 radical (unpaired) electrons. The van der Waals surface area contributed by atoms with Gasteiger partial charge in [0.25, 0.3) is 5.91 Å². The number of hydrogen-bond donors (Lipinski definition) is 0. The Bertz CT molecular complexity index is 878. The highest BCUT2D eigenvalue weighted by Crippen LogP contribution is 2.19. The van der Waals surface area contributed by atoms with Crippen molar-refractivity contribution in [1.82, 2.24) is 4.90 Å². The first-order valence-corrected chi connectivity index (χ1v) is 9.65. The molecule has 5 nitrogen and oxygen atoms in total. The minimum absolute atomic E-state index is 0.0263. The summed E-state index contributed by atoms with van der Waals surface area (Å²) in [6.45, 7) is 2.69. The fourth-order valence-corrected chi connectivity index (χ4v) is 3.37. The van der Waals surface area contributed by atoms with Crippen molar-refractivity contribution in [3.8, 4) is 0 Å². The molecule has 1 heterocycles. The molecule has 0 saturated carbocycles. The van der Waals surface area contributed by atoms with Gasteiger partial charge in [0.2, 0.25) is 0 Å². The second kappa shape index (κ2) is 9.02. The first kappa shape index (κ1) is 20.1. The molecule has 0 spiro atoms. The third-order valence-electron chi connectivity index (χ3n) is 4.82. The van der Waals surface area contributed by atoms with E-state index in [2.05, 4.69) is 6.07 Å². The quantitative estimate of drug-likeness (QED) is 0.547. The van der Waals surface area contributed by atoms with Gasteiger partial charge in [0.05, 0.1) is 6.42 Å². The average molecular weight is 400 g/mol. The zero-order valence-electron chi connectivity index (χ0n) is 15.7. The molecule has 3 rings (SSSR count). The monoisotopic (exact) mass is 399 g/mol. The molecular weight excluding hydrogens is 378 g/mol. The number of nitrogens with zero attached hydrogens (tertiary/aromatic N) is 1. The van der Waals surface area contributed by atoms with Crippen LogP contribution in [0.25, 0.3) is 0 Å². The number of hydrogen-bond acceptors (Lipinski definition) is 4. The van der Waals surface area contributed by atoms with E-state index in [0.717, 1.165) is 12.0 Å². The number of benzene rings is 2. The maximum absolute atomic E-state index is 12.6. The Hall–Kier alpha value is -2.66. The maximum Gasteiger partial charge on any atom is 0.307 e. The summed E-state index contributed by atoms with van der Waals surface area (Å²) in [7, 11) is 0. The summed E-state index contributed by atoms with van der Waals surface area (Å²) in [6, 6.07) is 14.5. The topological polar surface area (TPSA) is 63.7 Å². The molecule has 1 atom stereocenters. The van der Waals surface area contributed by atoms with Crippen LogP contribution in [0.5, 0.6) is 0 Å². The van der Waals surface area contributed by atoms with Crippen molar-refractivity contribution < 1.29 is 19.1 Å². The highest BCUT2D eigenvalue weighted by Gasteiger charge is 2.27. The van der Waals surface area contributed by atoms with Crippen LogP contribution in [-0.4, -0.2) is 35.2 Å². The number of fused-ring (bicyclic) bond motifs is 1. The first-order valence-electron chi connectivity index (χ1n) is 9.28. The van der Waals surface area contributed by atoms with Gasteiger partial charge in [-0.2, -0.15) is 0 Å². The van der Waals surface area contributed by atoms with E-state index < -0.39 is 12.1 Å². The predicted octanol–water partition coefficient (Wildman–Crippen LogP) is 3.82. The fraction of sp³-hybridized carbons (Fsp3) is 0.318. The van der Waals surface area contributed by atoms with E-state index in [0.29, 0.717) is 23.7 Å². The Kier molecular flexibility index (Phi) is 6.47. The molecule has 0 fully saturated rings. The zero-order chi connectivity index (χ0) is 20.1. The summed E-state index contributed by atoms with van der Waals surface area (Å²) < 4.78 is 5.26. The van der Waals surface area contributed by atoms with Gasteiger partial charge in [0.1, 0.15) is 0 Å². The van der Waals surface area contributed by atoms with E-state index in [1.54, 1.807) is 36.1 Å². The smallest absolute Gasteiger partial charge is 0.307 e. The van der Waals surface area contributed by atoms with Crippen molar-refractivity contribution in [2.24, 2.45) is 0 Å². The first-order chi connectivity index (χ1) is 13.4. The van der Waals surface area contributed by atoms with Gasteiger partial charge in [-0.05, 0) is 48.7 Å². The molecule has 0 aliphatic carbocycles. The molecule has 0 unspecified atom stereocenters. The summed E-state index contributed by atoms with van der Waals surface area (Å²) in [5, 5.41) is 0.545. The molecule has 146 valence electrons. The fourth-order valence-electron chi connectivity index (χ4n) is 3.24. The number of amides is 1. The van der Waals surface area contributed by atoms with Crippen molar-refractivity contribution in [3.05, 3.63) is 70.2 Å². The third-order valence-corrected chi connectivity index (χ3v) is 5.07. The zero-order valence-corrected chi connectivity index (χ0v) is 16.4. The molecule has 28 heavy (non-hydrogen) atoms. The Morgan fingerprint density at radius 2 is 1.71 bits per heavy atom. The second-order valence-electron chi connectivity index (χ2n) is 6.84. The largest absolute Gasteiger partial charge is 0.453 e. The Balaban J connectivity index is 1.48. The second-order valence-corrected chi connectivity index (χ2v) is 7.28. The molecule has 6 heteroatoms. The van der Waals surface area contributed by atoms with Crippen molar-refractivity contribution in [2.45, 2.75) is 38.8 Å². The molecule has 0 saturated heterocycles. The van der Waals surface area contributed by atoms with Crippen LogP contribution in [-0.2, 0) is 27.3 Å². The minimum atomic E-state index is -0.872. The van der Waals surface area contributed by atoms with Gasteiger partial charge in [0, 0.05) is 30.1 Å². The summed E-state index contributed by atoms with van der Waals surface area (Å²) >= 11 is 5.80. The van der Waals surface area contributed by atoms with E-state index >= 15 is 0 Å². The van der Waals surface area contributed by atoms with Gasteiger partial charge in [-0.1, -0.05) is 35.9 Å². The summed E-state index contributed by atoms with van der Waals surface area (Å²) in [4.78, 5) is 38.5. The van der Waals surface area contributed by atoms with Crippen molar-refractivity contribution in [3.63, 3.8) is 0 Å². The van der Waals surface area contributed by atoms with Gasteiger partial charge in [0.15, 0.2) is 11.9 Å². The van der Waals surface area contributed by atoms with Crippen LogP contribution in [0.2, 0.25) is 5.02 Å². The van der Waals surface area contributed by atoms with Crippen molar-refractivity contribution >= 4 is 29.3 Å². The molecule has 0 bridgehead atoms. The van der Waals surface area contributed by atoms with Crippen LogP contribution in [0.4, 0.5) is 0 Å². The number of carbonyl (C=O) groups excluding carboxylic acids is 3. The van der Waals surface area contributed by atoms with E-state index in [9.17, 15) is 14.4 Å². The molecule has 2 aromatic carbocycles. The summed E-state index contributed by atoms with van der Waals surface area (Å²) in [6.07, 6.45) is -0.123. The maximum atomic E-state index is 12.6. The van der Waals surface area contributed by atoms with Crippen molar-refractivity contribution in [2.75, 3.05) is 6.54 Å². The number of rotatable bonds is 6. The Morgan fingerprint density at radius 3 is 2.43 bits per heavy atom. The van der Waals surface area contributed by atoms with Gasteiger partial charge in [-0.3, -0.25) is 14.4 Å². The lowest BCUT2D eigenvalue weighted by atomic mass is 9.99. The van der Waals surface area contributed by atoms with Gasteiger partial charge in [-0.15, -0.1) is 0 Å². The minimum Gasteiger partial charge on any atom is -0.453 e. The number of carbonyl (C=O) groups is 3. The van der Waals surface area contributed by atoms with Crippen LogP contribution in [0.3, 0.4) is 0 Å². The molecule has 1 amide bonds. The highest BCUT2D eigenvalue weighted by molar-refractivity contribution is 6.30. The van der Waals surface area contributed by atoms with E-state index in [-0.39, 0.29) is 24.5 Å². The number of ketones is 1. The molecule has 2 aromatic rings. The number of halogens is 1. The lowest BCUT2D eigenvalue weighted by molar-refractivity contribution is -0.159. The SMILES string of the molecule is C[C@H](OC(=O)CCC(=O)c1ccc(Cl)cc1)C(=O)N1CCc2ccccc2C1. The predicted molar refractivity (Wildman–Crippen MR) is 106 cm³/mol. The molecule has 0 aromatic heterocycles. The van der Waals surface area contributed by atoms with E-state index in [1.165, 1.54) is 5.56 Å². The number of ether oxygens (including phenoxy) is 1. The third kappa shape index (κ3) is 4.98. The van der Waals surface area contributed by atoms with E-state index in [4.69, 9.17) is 16.3 Å². The van der Waals surface area contributed by atoms with Gasteiger partial charge >= 0.3 is 5.97 Å².